The van der Waals surface area contributed by atoms with Crippen LogP contribution in [0.5, 0.6) is 0 Å². The lowest BCUT2D eigenvalue weighted by Gasteiger charge is -2.36. The molecule has 0 spiro atoms. The zero-order valence-corrected chi connectivity index (χ0v) is 14.8. The highest BCUT2D eigenvalue weighted by Crippen LogP contribution is 2.48. The summed E-state index contributed by atoms with van der Waals surface area (Å²) in [4.78, 5) is 6.61. The smallest absolute Gasteiger partial charge is 0.178 e. The zero-order chi connectivity index (χ0) is 16.6. The van der Waals surface area contributed by atoms with E-state index in [4.69, 9.17) is 11.6 Å². The maximum atomic E-state index is 11.6. The summed E-state index contributed by atoms with van der Waals surface area (Å²) in [6, 6.07) is 18.0. The molecule has 0 saturated carbocycles. The standard InChI is InChI=1S/C19H19ClN2OS/c20-16-9-7-15(8-10-16)19(23)17(24-18-21-12-13-22(18)19)11-6-14-4-2-1-3-5-14/h1-5,7-10,17,23H,6,11-13H2. The molecule has 2 unspecified atom stereocenters. The molecular weight excluding hydrogens is 340 g/mol. The molecule has 24 heavy (non-hydrogen) atoms. The number of nitrogens with zero attached hydrogens (tertiary/aromatic N) is 2. The Hall–Kier alpha value is -1.49. The highest BCUT2D eigenvalue weighted by Gasteiger charge is 2.53. The van der Waals surface area contributed by atoms with E-state index in [0.29, 0.717) is 5.02 Å². The number of fused-ring (bicyclic) bond motifs is 1. The Balaban J connectivity index is 1.63. The molecule has 2 aliphatic heterocycles. The van der Waals surface area contributed by atoms with Gasteiger partial charge in [-0.15, -0.1) is 0 Å². The van der Waals surface area contributed by atoms with Crippen molar-refractivity contribution in [2.75, 3.05) is 13.1 Å². The summed E-state index contributed by atoms with van der Waals surface area (Å²) in [5, 5.41) is 13.3. The van der Waals surface area contributed by atoms with Crippen molar-refractivity contribution in [2.45, 2.75) is 23.8 Å². The topological polar surface area (TPSA) is 35.8 Å². The highest BCUT2D eigenvalue weighted by atomic mass is 35.5. The van der Waals surface area contributed by atoms with Gasteiger partial charge in [0.15, 0.2) is 10.9 Å². The number of halogens is 1. The van der Waals surface area contributed by atoms with Gasteiger partial charge in [0.2, 0.25) is 0 Å². The van der Waals surface area contributed by atoms with Crippen molar-refractivity contribution in [3.8, 4) is 0 Å². The summed E-state index contributed by atoms with van der Waals surface area (Å²) in [7, 11) is 0. The van der Waals surface area contributed by atoms with Crippen LogP contribution in [0.15, 0.2) is 59.6 Å². The third kappa shape index (κ3) is 2.73. The van der Waals surface area contributed by atoms with Crippen molar-refractivity contribution >= 4 is 28.5 Å². The van der Waals surface area contributed by atoms with Crippen molar-refractivity contribution in [1.29, 1.82) is 0 Å². The third-order valence-electron chi connectivity index (χ3n) is 4.72. The second-order valence-corrected chi connectivity index (χ2v) is 7.79. The first-order chi connectivity index (χ1) is 11.7. The van der Waals surface area contributed by atoms with Gasteiger partial charge in [0.05, 0.1) is 11.8 Å². The number of benzene rings is 2. The van der Waals surface area contributed by atoms with Gasteiger partial charge in [-0.25, -0.2) is 0 Å². The van der Waals surface area contributed by atoms with Crippen molar-refractivity contribution in [1.82, 2.24) is 4.90 Å². The molecule has 0 aromatic heterocycles. The summed E-state index contributed by atoms with van der Waals surface area (Å²) in [6.07, 6.45) is 1.83. The second-order valence-electron chi connectivity index (χ2n) is 6.18. The largest absolute Gasteiger partial charge is 0.366 e. The molecule has 2 heterocycles. The molecule has 1 saturated heterocycles. The maximum Gasteiger partial charge on any atom is 0.178 e. The fourth-order valence-electron chi connectivity index (χ4n) is 3.47. The number of amidine groups is 1. The molecule has 0 aliphatic carbocycles. The van der Waals surface area contributed by atoms with Crippen LogP contribution in [0, 0.1) is 0 Å². The fourth-order valence-corrected chi connectivity index (χ4v) is 5.03. The fraction of sp³-hybridized carbons (Fsp3) is 0.316. The third-order valence-corrected chi connectivity index (χ3v) is 6.38. The van der Waals surface area contributed by atoms with E-state index < -0.39 is 5.72 Å². The molecule has 2 atom stereocenters. The molecule has 0 amide bonds. The van der Waals surface area contributed by atoms with Gasteiger partial charge in [-0.3, -0.25) is 4.99 Å². The van der Waals surface area contributed by atoms with E-state index in [9.17, 15) is 5.11 Å². The number of hydrogen-bond donors (Lipinski definition) is 1. The molecule has 4 rings (SSSR count). The Bertz CT molecular complexity index is 750. The van der Waals surface area contributed by atoms with Crippen LogP contribution in [-0.2, 0) is 12.1 Å². The van der Waals surface area contributed by atoms with Crippen LogP contribution in [-0.4, -0.2) is 33.5 Å². The summed E-state index contributed by atoms with van der Waals surface area (Å²) in [6.45, 7) is 1.52. The van der Waals surface area contributed by atoms with Gasteiger partial charge in [-0.1, -0.05) is 65.8 Å². The van der Waals surface area contributed by atoms with E-state index in [0.717, 1.165) is 36.7 Å². The van der Waals surface area contributed by atoms with Gasteiger partial charge in [-0.2, -0.15) is 0 Å². The Morgan fingerprint density at radius 1 is 1.17 bits per heavy atom. The van der Waals surface area contributed by atoms with Crippen LogP contribution in [0.3, 0.4) is 0 Å². The lowest BCUT2D eigenvalue weighted by Crippen LogP contribution is -2.48. The summed E-state index contributed by atoms with van der Waals surface area (Å²) in [5.74, 6) is 0. The molecule has 2 aliphatic rings. The SMILES string of the molecule is OC1(c2ccc(Cl)cc2)C(CCc2ccccc2)SC2=NCCN21. The van der Waals surface area contributed by atoms with Gasteiger partial charge in [0.25, 0.3) is 0 Å². The molecular formula is C19H19ClN2OS. The molecule has 5 heteroatoms. The minimum atomic E-state index is -1.01. The van der Waals surface area contributed by atoms with E-state index in [2.05, 4.69) is 34.2 Å². The van der Waals surface area contributed by atoms with Crippen LogP contribution < -0.4 is 0 Å². The first kappa shape index (κ1) is 16.0. The van der Waals surface area contributed by atoms with Gasteiger partial charge in [0, 0.05) is 17.1 Å². The maximum absolute atomic E-state index is 11.6. The molecule has 2 aromatic rings. The van der Waals surface area contributed by atoms with Gasteiger partial charge < -0.3 is 10.0 Å². The Morgan fingerprint density at radius 3 is 2.67 bits per heavy atom. The zero-order valence-electron chi connectivity index (χ0n) is 13.2. The minimum Gasteiger partial charge on any atom is -0.366 e. The lowest BCUT2D eigenvalue weighted by atomic mass is 9.93. The summed E-state index contributed by atoms with van der Waals surface area (Å²) < 4.78 is 0. The molecule has 1 N–H and O–H groups in total. The van der Waals surface area contributed by atoms with Gasteiger partial charge >= 0.3 is 0 Å². The number of aliphatic hydroxyl groups is 1. The average molecular weight is 359 g/mol. The lowest BCUT2D eigenvalue weighted by molar-refractivity contribution is -0.0671. The quantitative estimate of drug-likeness (QED) is 0.900. The van der Waals surface area contributed by atoms with Crippen molar-refractivity contribution in [2.24, 2.45) is 4.99 Å². The van der Waals surface area contributed by atoms with Crippen LogP contribution in [0.2, 0.25) is 5.02 Å². The number of rotatable bonds is 4. The van der Waals surface area contributed by atoms with Gasteiger partial charge in [-0.05, 0) is 30.5 Å². The number of aryl methyl sites for hydroxylation is 1. The Morgan fingerprint density at radius 2 is 1.92 bits per heavy atom. The normalized spacial score (nSPS) is 25.7. The van der Waals surface area contributed by atoms with E-state index in [1.807, 2.05) is 30.3 Å². The number of aliphatic imine (C=N–C) groups is 1. The first-order valence-corrected chi connectivity index (χ1v) is 9.45. The van der Waals surface area contributed by atoms with E-state index in [1.54, 1.807) is 11.8 Å². The second kappa shape index (κ2) is 6.43. The van der Waals surface area contributed by atoms with Crippen molar-refractivity contribution in [3.63, 3.8) is 0 Å². The van der Waals surface area contributed by atoms with Crippen LogP contribution in [0.25, 0.3) is 0 Å². The van der Waals surface area contributed by atoms with E-state index in [-0.39, 0.29) is 5.25 Å². The van der Waals surface area contributed by atoms with Crippen molar-refractivity contribution in [3.05, 3.63) is 70.7 Å². The summed E-state index contributed by atoms with van der Waals surface area (Å²) in [5.41, 5.74) is 1.18. The first-order valence-electron chi connectivity index (χ1n) is 8.19. The predicted octanol–water partition coefficient (Wildman–Crippen LogP) is 3.90. The van der Waals surface area contributed by atoms with E-state index >= 15 is 0 Å². The minimum absolute atomic E-state index is 0.0536. The Labute approximate surface area is 151 Å². The van der Waals surface area contributed by atoms with Crippen LogP contribution in [0.4, 0.5) is 0 Å². The molecule has 124 valence electrons. The molecule has 3 nitrogen and oxygen atoms in total. The highest BCUT2D eigenvalue weighted by molar-refractivity contribution is 8.14. The molecule has 2 aromatic carbocycles. The number of hydrogen-bond acceptors (Lipinski definition) is 4. The average Bonchev–Trinajstić information content (AvgIpc) is 3.17. The number of thioether (sulfide) groups is 1. The van der Waals surface area contributed by atoms with E-state index in [1.165, 1.54) is 5.56 Å². The Kier molecular flexibility index (Phi) is 4.29. The molecule has 0 bridgehead atoms. The monoisotopic (exact) mass is 358 g/mol. The van der Waals surface area contributed by atoms with Gasteiger partial charge in [0.1, 0.15) is 0 Å². The molecule has 0 radical (unpaired) electrons. The van der Waals surface area contributed by atoms with Crippen LogP contribution >= 0.6 is 23.4 Å². The molecule has 1 fully saturated rings. The summed E-state index contributed by atoms with van der Waals surface area (Å²) >= 11 is 7.73. The van der Waals surface area contributed by atoms with Crippen molar-refractivity contribution < 1.29 is 5.11 Å². The van der Waals surface area contributed by atoms with Crippen LogP contribution in [0.1, 0.15) is 17.5 Å². The predicted molar refractivity (Wildman–Crippen MR) is 100 cm³/mol.